The summed E-state index contributed by atoms with van der Waals surface area (Å²) in [6.07, 6.45) is 0. The Morgan fingerprint density at radius 1 is 1.11 bits per heavy atom. The molecule has 94 valence electrons. The molecule has 2 N–H and O–H groups in total. The van der Waals surface area contributed by atoms with Gasteiger partial charge in [0.1, 0.15) is 5.75 Å². The smallest absolute Gasteiger partial charge is 0.122 e. The van der Waals surface area contributed by atoms with Crippen molar-refractivity contribution in [1.82, 2.24) is 0 Å². The summed E-state index contributed by atoms with van der Waals surface area (Å²) >= 11 is 12.1. The van der Waals surface area contributed by atoms with E-state index in [2.05, 4.69) is 5.32 Å². The van der Waals surface area contributed by atoms with E-state index < -0.39 is 0 Å². The number of phenolic OH excluding ortho intramolecular Hbond substituents is 1. The number of rotatable bonds is 3. The molecule has 0 aromatic heterocycles. The van der Waals surface area contributed by atoms with Crippen molar-refractivity contribution in [2.45, 2.75) is 13.5 Å². The number of nitrogens with one attached hydrogen (secondary N) is 1. The van der Waals surface area contributed by atoms with Crippen LogP contribution in [0.25, 0.3) is 0 Å². The molecule has 4 heteroatoms. The minimum Gasteiger partial charge on any atom is -0.508 e. The number of anilines is 1. The molecule has 0 aliphatic carbocycles. The van der Waals surface area contributed by atoms with Crippen LogP contribution in [0, 0.1) is 6.92 Å². The third kappa shape index (κ3) is 2.89. The molecule has 0 unspecified atom stereocenters. The van der Waals surface area contributed by atoms with Crippen molar-refractivity contribution in [1.29, 1.82) is 0 Å². The predicted octanol–water partition coefficient (Wildman–Crippen LogP) is 4.62. The molecule has 0 radical (unpaired) electrons. The van der Waals surface area contributed by atoms with Gasteiger partial charge in [-0.1, -0.05) is 35.3 Å². The fourth-order valence-corrected chi connectivity index (χ4v) is 2.10. The van der Waals surface area contributed by atoms with Crippen LogP contribution in [0.1, 0.15) is 11.1 Å². The zero-order valence-corrected chi connectivity index (χ0v) is 11.4. The Bertz CT molecular complexity index is 549. The van der Waals surface area contributed by atoms with E-state index in [4.69, 9.17) is 23.2 Å². The monoisotopic (exact) mass is 281 g/mol. The van der Waals surface area contributed by atoms with Crippen LogP contribution in [0.3, 0.4) is 0 Å². The maximum Gasteiger partial charge on any atom is 0.122 e. The SMILES string of the molecule is Cc1ccc(Cl)c(NCc2c(O)cccc2Cl)c1. The molecule has 2 nitrogen and oxygen atoms in total. The lowest BCUT2D eigenvalue weighted by atomic mass is 10.2. The van der Waals surface area contributed by atoms with Crippen LogP contribution in [0.2, 0.25) is 10.0 Å². The third-order valence-electron chi connectivity index (χ3n) is 2.67. The van der Waals surface area contributed by atoms with Gasteiger partial charge >= 0.3 is 0 Å². The molecule has 0 saturated carbocycles. The van der Waals surface area contributed by atoms with Crippen LogP contribution in [0.5, 0.6) is 5.75 Å². The van der Waals surface area contributed by atoms with E-state index in [1.807, 2.05) is 25.1 Å². The maximum atomic E-state index is 9.74. The van der Waals surface area contributed by atoms with E-state index in [-0.39, 0.29) is 5.75 Å². The molecule has 0 fully saturated rings. The van der Waals surface area contributed by atoms with Gasteiger partial charge in [0.25, 0.3) is 0 Å². The van der Waals surface area contributed by atoms with Gasteiger partial charge in [-0.15, -0.1) is 0 Å². The van der Waals surface area contributed by atoms with Crippen LogP contribution in [0.15, 0.2) is 36.4 Å². The lowest BCUT2D eigenvalue weighted by Gasteiger charge is -2.11. The first-order valence-corrected chi connectivity index (χ1v) is 6.30. The molecular weight excluding hydrogens is 269 g/mol. The second-order valence-corrected chi connectivity index (χ2v) is 4.89. The van der Waals surface area contributed by atoms with Crippen molar-refractivity contribution in [3.8, 4) is 5.75 Å². The normalized spacial score (nSPS) is 10.4. The van der Waals surface area contributed by atoms with E-state index in [1.54, 1.807) is 18.2 Å². The van der Waals surface area contributed by atoms with Gasteiger partial charge in [-0.2, -0.15) is 0 Å². The largest absolute Gasteiger partial charge is 0.508 e. The summed E-state index contributed by atoms with van der Waals surface area (Å²) in [6.45, 7) is 2.42. The highest BCUT2D eigenvalue weighted by Crippen LogP contribution is 2.28. The van der Waals surface area contributed by atoms with Crippen LogP contribution in [-0.2, 0) is 6.54 Å². The molecule has 0 spiro atoms. The number of hydrogen-bond donors (Lipinski definition) is 2. The maximum absolute atomic E-state index is 9.74. The minimum atomic E-state index is 0.179. The summed E-state index contributed by atoms with van der Waals surface area (Å²) in [5, 5.41) is 14.1. The van der Waals surface area contributed by atoms with E-state index in [0.717, 1.165) is 11.3 Å². The highest BCUT2D eigenvalue weighted by atomic mass is 35.5. The molecule has 18 heavy (non-hydrogen) atoms. The van der Waals surface area contributed by atoms with Crippen molar-refractivity contribution in [3.63, 3.8) is 0 Å². The molecule has 0 amide bonds. The average molecular weight is 282 g/mol. The molecule has 2 aromatic rings. The second-order valence-electron chi connectivity index (χ2n) is 4.07. The molecule has 0 aliphatic heterocycles. The van der Waals surface area contributed by atoms with Crippen molar-refractivity contribution >= 4 is 28.9 Å². The standard InChI is InChI=1S/C14H13Cl2NO/c1-9-5-6-12(16)13(7-9)17-8-10-11(15)3-2-4-14(10)18/h2-7,17-18H,8H2,1H3. The van der Waals surface area contributed by atoms with Gasteiger partial charge in [-0.25, -0.2) is 0 Å². The molecule has 0 aliphatic rings. The first-order valence-electron chi connectivity index (χ1n) is 5.54. The lowest BCUT2D eigenvalue weighted by Crippen LogP contribution is -2.01. The highest BCUT2D eigenvalue weighted by Gasteiger charge is 2.07. The Labute approximate surface area is 116 Å². The number of halogens is 2. The van der Waals surface area contributed by atoms with E-state index >= 15 is 0 Å². The summed E-state index contributed by atoms with van der Waals surface area (Å²) in [5.74, 6) is 0.179. The summed E-state index contributed by atoms with van der Waals surface area (Å²) in [7, 11) is 0. The summed E-state index contributed by atoms with van der Waals surface area (Å²) in [4.78, 5) is 0. The van der Waals surface area contributed by atoms with Crippen molar-refractivity contribution in [2.24, 2.45) is 0 Å². The van der Waals surface area contributed by atoms with Crippen molar-refractivity contribution < 1.29 is 5.11 Å². The van der Waals surface area contributed by atoms with Gasteiger partial charge in [0.05, 0.1) is 10.7 Å². The first kappa shape index (κ1) is 13.1. The predicted molar refractivity (Wildman–Crippen MR) is 76.6 cm³/mol. The third-order valence-corrected chi connectivity index (χ3v) is 3.36. The summed E-state index contributed by atoms with van der Waals surface area (Å²) < 4.78 is 0. The Balaban J connectivity index is 2.19. The molecule has 2 aromatic carbocycles. The zero-order valence-electron chi connectivity index (χ0n) is 9.87. The van der Waals surface area contributed by atoms with Crippen molar-refractivity contribution in [2.75, 3.05) is 5.32 Å². The number of benzene rings is 2. The Kier molecular flexibility index (Phi) is 4.00. The average Bonchev–Trinajstić information content (AvgIpc) is 2.33. The van der Waals surface area contributed by atoms with Crippen LogP contribution >= 0.6 is 23.2 Å². The summed E-state index contributed by atoms with van der Waals surface area (Å²) in [6, 6.07) is 10.8. The van der Waals surface area contributed by atoms with Gasteiger partial charge in [0.15, 0.2) is 0 Å². The molecule has 0 heterocycles. The Morgan fingerprint density at radius 3 is 2.61 bits per heavy atom. The van der Waals surface area contributed by atoms with Crippen LogP contribution in [0.4, 0.5) is 5.69 Å². The summed E-state index contributed by atoms with van der Waals surface area (Å²) in [5.41, 5.74) is 2.61. The number of aryl methyl sites for hydroxylation is 1. The molecule has 0 bridgehead atoms. The molecular formula is C14H13Cl2NO. The van der Waals surface area contributed by atoms with Gasteiger partial charge in [-0.3, -0.25) is 0 Å². The molecule has 0 saturated heterocycles. The van der Waals surface area contributed by atoms with E-state index in [1.165, 1.54) is 0 Å². The minimum absolute atomic E-state index is 0.179. The number of hydrogen-bond acceptors (Lipinski definition) is 2. The Morgan fingerprint density at radius 2 is 1.89 bits per heavy atom. The van der Waals surface area contributed by atoms with Gasteiger partial charge in [0, 0.05) is 17.1 Å². The number of aromatic hydroxyl groups is 1. The van der Waals surface area contributed by atoms with Crippen LogP contribution < -0.4 is 5.32 Å². The first-order chi connectivity index (χ1) is 8.58. The van der Waals surface area contributed by atoms with Gasteiger partial charge < -0.3 is 10.4 Å². The number of phenols is 1. The second kappa shape index (κ2) is 5.51. The van der Waals surface area contributed by atoms with E-state index in [0.29, 0.717) is 22.2 Å². The highest BCUT2D eigenvalue weighted by molar-refractivity contribution is 6.33. The quantitative estimate of drug-likeness (QED) is 0.861. The Hall–Kier alpha value is -1.38. The molecule has 2 rings (SSSR count). The fourth-order valence-electron chi connectivity index (χ4n) is 1.68. The van der Waals surface area contributed by atoms with E-state index in [9.17, 15) is 5.11 Å². The van der Waals surface area contributed by atoms with Crippen molar-refractivity contribution in [3.05, 3.63) is 57.6 Å². The molecule has 0 atom stereocenters. The topological polar surface area (TPSA) is 32.3 Å². The van der Waals surface area contributed by atoms with Gasteiger partial charge in [-0.05, 0) is 36.8 Å². The fraction of sp³-hybridized carbons (Fsp3) is 0.143. The lowest BCUT2D eigenvalue weighted by molar-refractivity contribution is 0.469. The van der Waals surface area contributed by atoms with Crippen LogP contribution in [-0.4, -0.2) is 5.11 Å². The zero-order chi connectivity index (χ0) is 13.1. The van der Waals surface area contributed by atoms with Gasteiger partial charge in [0.2, 0.25) is 0 Å².